The number of hydrogen-bond acceptors (Lipinski definition) is 3. The second kappa shape index (κ2) is 5.32. The number of halogens is 1. The van der Waals surface area contributed by atoms with Gasteiger partial charge in [0.05, 0.1) is 19.0 Å². The van der Waals surface area contributed by atoms with Gasteiger partial charge in [0.2, 0.25) is 0 Å². The standard InChI is InChI=1S/C14H15FN2O2/c1-9-10(2)16-8-17(14(9)19)7-13(18)11-5-3-4-6-12(11)15/h3-6,8,13,18H,7H2,1-2H3/t13-/m1/s1. The largest absolute Gasteiger partial charge is 0.386 e. The maximum Gasteiger partial charge on any atom is 0.256 e. The second-order valence-corrected chi connectivity index (χ2v) is 4.45. The van der Waals surface area contributed by atoms with Crippen molar-refractivity contribution in [3.8, 4) is 0 Å². The van der Waals surface area contributed by atoms with Crippen molar-refractivity contribution in [2.75, 3.05) is 0 Å². The van der Waals surface area contributed by atoms with Crippen LogP contribution in [0, 0.1) is 19.7 Å². The fraction of sp³-hybridized carbons (Fsp3) is 0.286. The number of rotatable bonds is 3. The molecule has 0 aliphatic rings. The zero-order chi connectivity index (χ0) is 14.0. The minimum atomic E-state index is -1.08. The van der Waals surface area contributed by atoms with Gasteiger partial charge in [-0.2, -0.15) is 0 Å². The summed E-state index contributed by atoms with van der Waals surface area (Å²) in [4.78, 5) is 16.0. The summed E-state index contributed by atoms with van der Waals surface area (Å²) >= 11 is 0. The fourth-order valence-electron chi connectivity index (χ4n) is 1.84. The van der Waals surface area contributed by atoms with Gasteiger partial charge in [0.25, 0.3) is 5.56 Å². The molecule has 1 atom stereocenters. The molecule has 0 radical (unpaired) electrons. The average molecular weight is 262 g/mol. The summed E-state index contributed by atoms with van der Waals surface area (Å²) < 4.78 is 14.8. The van der Waals surface area contributed by atoms with Crippen LogP contribution in [0.3, 0.4) is 0 Å². The lowest BCUT2D eigenvalue weighted by atomic mass is 10.1. The van der Waals surface area contributed by atoms with Crippen molar-refractivity contribution in [3.05, 3.63) is 63.6 Å². The molecule has 0 saturated carbocycles. The molecule has 5 heteroatoms. The Kier molecular flexibility index (Phi) is 3.76. The van der Waals surface area contributed by atoms with Crippen molar-refractivity contribution in [3.63, 3.8) is 0 Å². The molecule has 0 saturated heterocycles. The summed E-state index contributed by atoms with van der Waals surface area (Å²) in [6, 6.07) is 5.97. The Hall–Kier alpha value is -2.01. The topological polar surface area (TPSA) is 55.1 Å². The minimum Gasteiger partial charge on any atom is -0.386 e. The van der Waals surface area contributed by atoms with E-state index in [0.29, 0.717) is 11.3 Å². The summed E-state index contributed by atoms with van der Waals surface area (Å²) in [5, 5.41) is 10.0. The third-order valence-corrected chi connectivity index (χ3v) is 3.15. The monoisotopic (exact) mass is 262 g/mol. The van der Waals surface area contributed by atoms with E-state index < -0.39 is 11.9 Å². The predicted molar refractivity (Wildman–Crippen MR) is 69.3 cm³/mol. The van der Waals surface area contributed by atoms with Crippen molar-refractivity contribution in [2.24, 2.45) is 0 Å². The first kappa shape index (κ1) is 13.4. The van der Waals surface area contributed by atoms with E-state index in [4.69, 9.17) is 0 Å². The first-order chi connectivity index (χ1) is 9.00. The molecule has 1 heterocycles. The Morgan fingerprint density at radius 2 is 2.05 bits per heavy atom. The molecule has 0 aliphatic heterocycles. The lowest BCUT2D eigenvalue weighted by Gasteiger charge is -2.14. The zero-order valence-electron chi connectivity index (χ0n) is 10.8. The summed E-state index contributed by atoms with van der Waals surface area (Å²) in [6.45, 7) is 3.40. The van der Waals surface area contributed by atoms with Crippen molar-refractivity contribution in [2.45, 2.75) is 26.5 Å². The van der Waals surface area contributed by atoms with Gasteiger partial charge in [0.1, 0.15) is 5.82 Å². The molecule has 1 aromatic carbocycles. The Morgan fingerprint density at radius 1 is 1.37 bits per heavy atom. The third-order valence-electron chi connectivity index (χ3n) is 3.15. The van der Waals surface area contributed by atoms with Crippen LogP contribution in [0.1, 0.15) is 22.9 Å². The van der Waals surface area contributed by atoms with Crippen LogP contribution < -0.4 is 5.56 Å². The molecular formula is C14H15FN2O2. The van der Waals surface area contributed by atoms with E-state index in [1.54, 1.807) is 26.0 Å². The Bertz CT molecular complexity index is 652. The van der Waals surface area contributed by atoms with Crippen LogP contribution in [0.25, 0.3) is 0 Å². The average Bonchev–Trinajstić information content (AvgIpc) is 2.40. The molecule has 0 bridgehead atoms. The highest BCUT2D eigenvalue weighted by atomic mass is 19.1. The smallest absolute Gasteiger partial charge is 0.256 e. The summed E-state index contributed by atoms with van der Waals surface area (Å²) in [7, 11) is 0. The molecular weight excluding hydrogens is 247 g/mol. The number of hydrogen-bond donors (Lipinski definition) is 1. The number of aryl methyl sites for hydroxylation is 1. The van der Waals surface area contributed by atoms with Crippen molar-refractivity contribution < 1.29 is 9.50 Å². The maximum atomic E-state index is 13.5. The summed E-state index contributed by atoms with van der Waals surface area (Å²) in [5.74, 6) is -0.486. The number of aliphatic hydroxyl groups excluding tert-OH is 1. The molecule has 0 unspecified atom stereocenters. The minimum absolute atomic E-state index is 0.0200. The lowest BCUT2D eigenvalue weighted by molar-refractivity contribution is 0.150. The summed E-state index contributed by atoms with van der Waals surface area (Å²) in [5.41, 5.74) is 1.14. The van der Waals surface area contributed by atoms with Crippen LogP contribution in [0.5, 0.6) is 0 Å². The number of nitrogens with zero attached hydrogens (tertiary/aromatic N) is 2. The van der Waals surface area contributed by atoms with Crippen LogP contribution in [-0.4, -0.2) is 14.7 Å². The van der Waals surface area contributed by atoms with E-state index in [0.717, 1.165) is 0 Å². The van der Waals surface area contributed by atoms with Gasteiger partial charge < -0.3 is 5.11 Å². The molecule has 0 aliphatic carbocycles. The lowest BCUT2D eigenvalue weighted by Crippen LogP contribution is -2.26. The number of aromatic nitrogens is 2. The van der Waals surface area contributed by atoms with Gasteiger partial charge >= 0.3 is 0 Å². The van der Waals surface area contributed by atoms with Crippen LogP contribution in [-0.2, 0) is 6.54 Å². The fourth-order valence-corrected chi connectivity index (χ4v) is 1.84. The third kappa shape index (κ3) is 2.71. The van der Waals surface area contributed by atoms with E-state index in [2.05, 4.69) is 4.98 Å². The van der Waals surface area contributed by atoms with Gasteiger partial charge in [-0.1, -0.05) is 18.2 Å². The van der Waals surface area contributed by atoms with E-state index in [9.17, 15) is 14.3 Å². The van der Waals surface area contributed by atoms with Crippen molar-refractivity contribution >= 4 is 0 Å². The number of aliphatic hydroxyl groups is 1. The maximum absolute atomic E-state index is 13.5. The zero-order valence-corrected chi connectivity index (χ0v) is 10.8. The van der Waals surface area contributed by atoms with Crippen LogP contribution in [0.2, 0.25) is 0 Å². The van der Waals surface area contributed by atoms with E-state index >= 15 is 0 Å². The van der Waals surface area contributed by atoms with Crippen molar-refractivity contribution in [1.29, 1.82) is 0 Å². The molecule has 0 amide bonds. The van der Waals surface area contributed by atoms with Gasteiger partial charge in [-0.05, 0) is 19.9 Å². The van der Waals surface area contributed by atoms with Crippen LogP contribution in [0.4, 0.5) is 4.39 Å². The molecule has 19 heavy (non-hydrogen) atoms. The first-order valence-corrected chi connectivity index (χ1v) is 5.96. The highest BCUT2D eigenvalue weighted by molar-refractivity contribution is 5.20. The molecule has 100 valence electrons. The van der Waals surface area contributed by atoms with Crippen LogP contribution >= 0.6 is 0 Å². The molecule has 0 spiro atoms. The van der Waals surface area contributed by atoms with Gasteiger partial charge in [0.15, 0.2) is 0 Å². The van der Waals surface area contributed by atoms with Gasteiger partial charge in [0, 0.05) is 16.8 Å². The highest BCUT2D eigenvalue weighted by Gasteiger charge is 2.14. The highest BCUT2D eigenvalue weighted by Crippen LogP contribution is 2.17. The van der Waals surface area contributed by atoms with Gasteiger partial charge in [-0.3, -0.25) is 9.36 Å². The number of benzene rings is 1. The van der Waals surface area contributed by atoms with Crippen LogP contribution in [0.15, 0.2) is 35.4 Å². The quantitative estimate of drug-likeness (QED) is 0.916. The predicted octanol–water partition coefficient (Wildman–Crippen LogP) is 1.73. The molecule has 1 N–H and O–H groups in total. The molecule has 0 fully saturated rings. The Labute approximate surface area is 110 Å². The molecule has 1 aromatic heterocycles. The SMILES string of the molecule is Cc1ncn(C[C@@H](O)c2ccccc2F)c(=O)c1C. The Morgan fingerprint density at radius 3 is 2.74 bits per heavy atom. The van der Waals surface area contributed by atoms with Gasteiger partial charge in [-0.15, -0.1) is 0 Å². The molecule has 4 nitrogen and oxygen atoms in total. The van der Waals surface area contributed by atoms with E-state index in [1.165, 1.54) is 23.0 Å². The Balaban J connectivity index is 2.30. The molecule has 2 rings (SSSR count). The van der Waals surface area contributed by atoms with E-state index in [1.807, 2.05) is 0 Å². The normalized spacial score (nSPS) is 12.4. The van der Waals surface area contributed by atoms with Crippen molar-refractivity contribution in [1.82, 2.24) is 9.55 Å². The van der Waals surface area contributed by atoms with E-state index in [-0.39, 0.29) is 17.7 Å². The second-order valence-electron chi connectivity index (χ2n) is 4.45. The molecule has 2 aromatic rings. The summed E-state index contributed by atoms with van der Waals surface area (Å²) in [6.07, 6.45) is 0.289. The first-order valence-electron chi connectivity index (χ1n) is 5.96. The van der Waals surface area contributed by atoms with Gasteiger partial charge in [-0.25, -0.2) is 9.37 Å².